The highest BCUT2D eigenvalue weighted by Gasteiger charge is 2.27. The molecule has 2 aromatic rings. The monoisotopic (exact) mass is 370 g/mol. The molecule has 0 radical (unpaired) electrons. The van der Waals surface area contributed by atoms with Crippen LogP contribution < -0.4 is 9.64 Å². The zero-order chi connectivity index (χ0) is 19.0. The predicted molar refractivity (Wildman–Crippen MR) is 103 cm³/mol. The van der Waals surface area contributed by atoms with E-state index in [9.17, 15) is 4.79 Å². The fourth-order valence-corrected chi connectivity index (χ4v) is 3.15. The van der Waals surface area contributed by atoms with Crippen molar-refractivity contribution in [2.45, 2.75) is 45.3 Å². The van der Waals surface area contributed by atoms with E-state index in [1.165, 1.54) is 0 Å². The number of ether oxygens (including phenoxy) is 2. The molecule has 0 unspecified atom stereocenters. The number of hydrogen-bond donors (Lipinski definition) is 0. The van der Waals surface area contributed by atoms with E-state index in [4.69, 9.17) is 9.47 Å². The van der Waals surface area contributed by atoms with Crippen LogP contribution in [0.25, 0.3) is 10.9 Å². The van der Waals surface area contributed by atoms with Crippen LogP contribution in [0, 0.1) is 0 Å². The van der Waals surface area contributed by atoms with E-state index in [0.29, 0.717) is 32.3 Å². The molecule has 7 nitrogen and oxygen atoms in total. The van der Waals surface area contributed by atoms with Gasteiger partial charge in [0, 0.05) is 37.6 Å². The maximum atomic E-state index is 12.2. The maximum Gasteiger partial charge on any atom is 0.410 e. The molecule has 1 aliphatic carbocycles. The number of piperazine rings is 1. The van der Waals surface area contributed by atoms with Gasteiger partial charge in [0.1, 0.15) is 23.5 Å². The van der Waals surface area contributed by atoms with Gasteiger partial charge in [-0.2, -0.15) is 0 Å². The van der Waals surface area contributed by atoms with Gasteiger partial charge in [-0.1, -0.05) is 0 Å². The van der Waals surface area contributed by atoms with Crippen LogP contribution in [0.4, 0.5) is 10.6 Å². The van der Waals surface area contributed by atoms with Crippen LogP contribution >= 0.6 is 0 Å². The Bertz CT molecular complexity index is 837. The molecule has 1 aliphatic heterocycles. The molecule has 0 N–H and O–H groups in total. The second-order valence-corrected chi connectivity index (χ2v) is 8.15. The largest absolute Gasteiger partial charge is 0.490 e. The number of nitrogens with zero attached hydrogens (tertiary/aromatic N) is 4. The third kappa shape index (κ3) is 4.23. The average molecular weight is 370 g/mol. The number of fused-ring (bicyclic) bond motifs is 1. The number of carbonyl (C=O) groups excluding carboxylic acids is 1. The van der Waals surface area contributed by atoms with Crippen molar-refractivity contribution in [2.75, 3.05) is 31.1 Å². The summed E-state index contributed by atoms with van der Waals surface area (Å²) in [6.07, 6.45) is 3.98. The second kappa shape index (κ2) is 6.87. The molecule has 0 spiro atoms. The van der Waals surface area contributed by atoms with E-state index < -0.39 is 5.60 Å². The van der Waals surface area contributed by atoms with Crippen LogP contribution in [0.3, 0.4) is 0 Å². The van der Waals surface area contributed by atoms with Crippen molar-refractivity contribution in [1.29, 1.82) is 0 Å². The first kappa shape index (κ1) is 17.8. The quantitative estimate of drug-likeness (QED) is 0.826. The van der Waals surface area contributed by atoms with Gasteiger partial charge < -0.3 is 19.3 Å². The normalized spacial score (nSPS) is 17.9. The number of rotatable bonds is 3. The first-order valence-corrected chi connectivity index (χ1v) is 9.53. The molecule has 0 atom stereocenters. The SMILES string of the molecule is CC(C)(C)OC(=O)N1CCN(c2ncnc3cc(OC4CC4)ccc23)CC1. The van der Waals surface area contributed by atoms with Crippen LogP contribution in [0.2, 0.25) is 0 Å². The predicted octanol–water partition coefficient (Wildman–Crippen LogP) is 3.23. The van der Waals surface area contributed by atoms with Crippen molar-refractivity contribution in [3.05, 3.63) is 24.5 Å². The Morgan fingerprint density at radius 2 is 1.85 bits per heavy atom. The Balaban J connectivity index is 1.46. The average Bonchev–Trinajstić information content (AvgIpc) is 3.44. The lowest BCUT2D eigenvalue weighted by molar-refractivity contribution is 0.0240. The standard InChI is InChI=1S/C20H26N4O3/c1-20(2,3)27-19(25)24-10-8-23(9-11-24)18-16-7-6-15(26-14-4-5-14)12-17(16)21-13-22-18/h6-7,12-14H,4-5,8-11H2,1-3H3. The van der Waals surface area contributed by atoms with Gasteiger partial charge in [-0.05, 0) is 45.7 Å². The smallest absolute Gasteiger partial charge is 0.410 e. The van der Waals surface area contributed by atoms with Gasteiger partial charge in [0.15, 0.2) is 0 Å². The molecular formula is C20H26N4O3. The fourth-order valence-electron chi connectivity index (χ4n) is 3.15. The number of carbonyl (C=O) groups is 1. The highest BCUT2D eigenvalue weighted by Crippen LogP contribution is 2.31. The Labute approximate surface area is 159 Å². The van der Waals surface area contributed by atoms with Crippen molar-refractivity contribution >= 4 is 22.8 Å². The first-order valence-electron chi connectivity index (χ1n) is 9.53. The zero-order valence-corrected chi connectivity index (χ0v) is 16.1. The van der Waals surface area contributed by atoms with E-state index in [2.05, 4.69) is 14.9 Å². The summed E-state index contributed by atoms with van der Waals surface area (Å²) in [5.41, 5.74) is 0.407. The topological polar surface area (TPSA) is 67.8 Å². The van der Waals surface area contributed by atoms with Crippen LogP contribution in [0.5, 0.6) is 5.75 Å². The van der Waals surface area contributed by atoms with Gasteiger partial charge >= 0.3 is 6.09 Å². The molecular weight excluding hydrogens is 344 g/mol. The van der Waals surface area contributed by atoms with Crippen LogP contribution in [-0.2, 0) is 4.74 Å². The van der Waals surface area contributed by atoms with E-state index >= 15 is 0 Å². The Kier molecular flexibility index (Phi) is 4.53. The summed E-state index contributed by atoms with van der Waals surface area (Å²) in [4.78, 5) is 25.1. The minimum Gasteiger partial charge on any atom is -0.490 e. The molecule has 7 heteroatoms. The fraction of sp³-hybridized carbons (Fsp3) is 0.550. The van der Waals surface area contributed by atoms with Crippen molar-refractivity contribution < 1.29 is 14.3 Å². The molecule has 1 amide bonds. The molecule has 1 saturated carbocycles. The van der Waals surface area contributed by atoms with Crippen molar-refractivity contribution in [2.24, 2.45) is 0 Å². The van der Waals surface area contributed by atoms with Crippen LogP contribution in [-0.4, -0.2) is 58.8 Å². The summed E-state index contributed by atoms with van der Waals surface area (Å²) < 4.78 is 11.3. The van der Waals surface area contributed by atoms with Crippen LogP contribution in [0.15, 0.2) is 24.5 Å². The van der Waals surface area contributed by atoms with Crippen LogP contribution in [0.1, 0.15) is 33.6 Å². The summed E-state index contributed by atoms with van der Waals surface area (Å²) in [6.45, 7) is 8.31. The molecule has 0 bridgehead atoms. The molecule has 2 aliphatic rings. The second-order valence-electron chi connectivity index (χ2n) is 8.15. The molecule has 144 valence electrons. The molecule has 2 fully saturated rings. The number of aromatic nitrogens is 2. The van der Waals surface area contributed by atoms with Gasteiger partial charge in [0.25, 0.3) is 0 Å². The lowest BCUT2D eigenvalue weighted by Gasteiger charge is -2.36. The Morgan fingerprint density at radius 1 is 1.11 bits per heavy atom. The summed E-state index contributed by atoms with van der Waals surface area (Å²) in [5.74, 6) is 1.77. The van der Waals surface area contributed by atoms with Crippen molar-refractivity contribution in [3.63, 3.8) is 0 Å². The van der Waals surface area contributed by atoms with Crippen molar-refractivity contribution in [1.82, 2.24) is 14.9 Å². The molecule has 1 aromatic carbocycles. The summed E-state index contributed by atoms with van der Waals surface area (Å²) in [6, 6.07) is 6.00. The zero-order valence-electron chi connectivity index (χ0n) is 16.1. The number of anilines is 1. The van der Waals surface area contributed by atoms with Crippen molar-refractivity contribution in [3.8, 4) is 5.75 Å². The molecule has 1 aromatic heterocycles. The lowest BCUT2D eigenvalue weighted by Crippen LogP contribution is -2.50. The van der Waals surface area contributed by atoms with Gasteiger partial charge in [0.05, 0.1) is 11.6 Å². The number of hydrogen-bond acceptors (Lipinski definition) is 6. The Morgan fingerprint density at radius 3 is 2.52 bits per heavy atom. The summed E-state index contributed by atoms with van der Waals surface area (Å²) in [5, 5.41) is 1.01. The van der Waals surface area contributed by atoms with E-state index in [1.54, 1.807) is 11.2 Å². The van der Waals surface area contributed by atoms with Gasteiger partial charge in [-0.15, -0.1) is 0 Å². The number of amides is 1. The highest BCUT2D eigenvalue weighted by molar-refractivity contribution is 5.90. The van der Waals surface area contributed by atoms with Gasteiger partial charge in [0.2, 0.25) is 0 Å². The van der Waals surface area contributed by atoms with E-state index in [0.717, 1.165) is 35.3 Å². The number of benzene rings is 1. The molecule has 27 heavy (non-hydrogen) atoms. The molecule has 2 heterocycles. The molecule has 1 saturated heterocycles. The first-order chi connectivity index (χ1) is 12.9. The maximum absolute atomic E-state index is 12.2. The van der Waals surface area contributed by atoms with Gasteiger partial charge in [-0.3, -0.25) is 0 Å². The van der Waals surface area contributed by atoms with E-state index in [-0.39, 0.29) is 6.09 Å². The highest BCUT2D eigenvalue weighted by atomic mass is 16.6. The lowest BCUT2D eigenvalue weighted by atomic mass is 10.2. The van der Waals surface area contributed by atoms with Gasteiger partial charge in [-0.25, -0.2) is 14.8 Å². The summed E-state index contributed by atoms with van der Waals surface area (Å²) >= 11 is 0. The summed E-state index contributed by atoms with van der Waals surface area (Å²) in [7, 11) is 0. The minimum atomic E-state index is -0.475. The minimum absolute atomic E-state index is 0.253. The Hall–Kier alpha value is -2.57. The third-order valence-corrected chi connectivity index (χ3v) is 4.64. The third-order valence-electron chi connectivity index (χ3n) is 4.64. The van der Waals surface area contributed by atoms with E-state index in [1.807, 2.05) is 39.0 Å². The molecule has 4 rings (SSSR count).